The fourth-order valence-corrected chi connectivity index (χ4v) is 5.42. The average molecular weight is 486 g/mol. The van der Waals surface area contributed by atoms with Crippen LogP contribution in [0.25, 0.3) is 0 Å². The highest BCUT2D eigenvalue weighted by Crippen LogP contribution is 2.44. The summed E-state index contributed by atoms with van der Waals surface area (Å²) >= 11 is 0. The summed E-state index contributed by atoms with van der Waals surface area (Å²) in [5.41, 5.74) is 1.81. The summed E-state index contributed by atoms with van der Waals surface area (Å²) in [4.78, 5) is 27.8. The number of hydrogen-bond donors (Lipinski definition) is 0. The number of carbonyl (C=O) groups is 2. The zero-order chi connectivity index (χ0) is 24.8. The summed E-state index contributed by atoms with van der Waals surface area (Å²) in [6.07, 6.45) is 0.206. The van der Waals surface area contributed by atoms with Crippen molar-refractivity contribution in [1.29, 1.82) is 0 Å². The molecule has 0 radical (unpaired) electrons. The lowest BCUT2D eigenvalue weighted by Gasteiger charge is -2.42. The molecular weight excluding hydrogens is 455 g/mol. The number of carbonyl (C=O) groups excluding carboxylic acids is 2. The molecule has 2 heterocycles. The van der Waals surface area contributed by atoms with Gasteiger partial charge in [-0.25, -0.2) is 5.01 Å². The Balaban J connectivity index is 1.22. The predicted molar refractivity (Wildman–Crippen MR) is 126 cm³/mol. The molecule has 1 aliphatic carbocycles. The predicted octanol–water partition coefficient (Wildman–Crippen LogP) is 5.37. The highest BCUT2D eigenvalue weighted by molar-refractivity contribution is 6.00. The molecule has 2 saturated heterocycles. The first-order valence-corrected chi connectivity index (χ1v) is 12.3. The number of nitrogens with zero attached hydrogens (tertiary/aromatic N) is 3. The van der Waals surface area contributed by atoms with Crippen LogP contribution in [0, 0.1) is 5.41 Å². The van der Waals surface area contributed by atoms with E-state index in [1.807, 2.05) is 9.91 Å². The highest BCUT2D eigenvalue weighted by atomic mass is 19.4. The number of benzene rings is 2. The number of hydrazine groups is 1. The van der Waals surface area contributed by atoms with Gasteiger partial charge in [-0.3, -0.25) is 14.6 Å². The molecule has 2 aliphatic heterocycles. The third-order valence-electron chi connectivity index (χ3n) is 7.78. The van der Waals surface area contributed by atoms with Crippen LogP contribution in [0.5, 0.6) is 0 Å². The van der Waals surface area contributed by atoms with Crippen molar-refractivity contribution in [2.75, 3.05) is 24.5 Å². The molecule has 0 N–H and O–H groups in total. The minimum atomic E-state index is -4.39. The molecule has 3 fully saturated rings. The van der Waals surface area contributed by atoms with E-state index in [2.05, 4.69) is 24.3 Å². The smallest absolute Gasteiger partial charge is 0.312 e. The number of hydrogen-bond acceptors (Lipinski definition) is 3. The fraction of sp³-hybridized carbons (Fsp3) is 0.481. The van der Waals surface area contributed by atoms with Crippen molar-refractivity contribution in [3.63, 3.8) is 0 Å². The maximum Gasteiger partial charge on any atom is 0.416 e. The van der Waals surface area contributed by atoms with Gasteiger partial charge in [-0.1, -0.05) is 24.3 Å². The van der Waals surface area contributed by atoms with Gasteiger partial charge in [-0.2, -0.15) is 13.2 Å². The van der Waals surface area contributed by atoms with Crippen LogP contribution in [0.4, 0.5) is 18.9 Å². The van der Waals surface area contributed by atoms with Crippen molar-refractivity contribution < 1.29 is 22.8 Å². The van der Waals surface area contributed by atoms with Crippen LogP contribution >= 0.6 is 0 Å². The summed E-state index contributed by atoms with van der Waals surface area (Å²) in [5, 5.41) is 3.52. The van der Waals surface area contributed by atoms with Gasteiger partial charge in [0.2, 0.25) is 11.8 Å². The molecule has 2 aromatic rings. The van der Waals surface area contributed by atoms with E-state index in [9.17, 15) is 22.8 Å². The molecular formula is C27H30F3N3O2. The van der Waals surface area contributed by atoms with Gasteiger partial charge in [0, 0.05) is 32.2 Å². The molecule has 0 aromatic heterocycles. The zero-order valence-corrected chi connectivity index (χ0v) is 19.9. The Labute approximate surface area is 203 Å². The van der Waals surface area contributed by atoms with E-state index < -0.39 is 17.2 Å². The summed E-state index contributed by atoms with van der Waals surface area (Å²) in [7, 11) is 0. The molecule has 2 amide bonds. The van der Waals surface area contributed by atoms with E-state index in [4.69, 9.17) is 0 Å². The molecule has 8 heteroatoms. The van der Waals surface area contributed by atoms with E-state index in [1.165, 1.54) is 37.5 Å². The Morgan fingerprint density at radius 3 is 2.11 bits per heavy atom. The highest BCUT2D eigenvalue weighted by Gasteiger charge is 2.49. The van der Waals surface area contributed by atoms with Crippen molar-refractivity contribution in [2.45, 2.75) is 57.7 Å². The quantitative estimate of drug-likeness (QED) is 0.572. The van der Waals surface area contributed by atoms with Crippen LogP contribution in [0.15, 0.2) is 48.5 Å². The van der Waals surface area contributed by atoms with E-state index in [-0.39, 0.29) is 18.4 Å². The number of rotatable bonds is 5. The molecule has 186 valence electrons. The van der Waals surface area contributed by atoms with E-state index in [0.29, 0.717) is 44.0 Å². The third-order valence-corrected chi connectivity index (χ3v) is 7.78. The van der Waals surface area contributed by atoms with Gasteiger partial charge in [0.1, 0.15) is 0 Å². The van der Waals surface area contributed by atoms with Crippen molar-refractivity contribution in [2.24, 2.45) is 5.41 Å². The topological polar surface area (TPSA) is 43.9 Å². The lowest BCUT2D eigenvalue weighted by Crippen LogP contribution is -2.52. The second-order valence-electron chi connectivity index (χ2n) is 10.1. The zero-order valence-electron chi connectivity index (χ0n) is 19.9. The summed E-state index contributed by atoms with van der Waals surface area (Å²) in [6, 6.07) is 13.3. The molecule has 5 rings (SSSR count). The number of piperidine rings is 1. The van der Waals surface area contributed by atoms with Crippen LogP contribution in [-0.4, -0.2) is 41.5 Å². The first-order chi connectivity index (χ1) is 16.7. The van der Waals surface area contributed by atoms with Crippen LogP contribution in [0.3, 0.4) is 0 Å². The minimum absolute atomic E-state index is 0.161. The Hall–Kier alpha value is -2.87. The van der Waals surface area contributed by atoms with Crippen molar-refractivity contribution in [3.05, 3.63) is 65.2 Å². The second kappa shape index (κ2) is 8.97. The van der Waals surface area contributed by atoms with Gasteiger partial charge in [-0.05, 0) is 73.4 Å². The minimum Gasteiger partial charge on any atom is -0.312 e. The lowest BCUT2D eigenvalue weighted by atomic mass is 9.77. The Morgan fingerprint density at radius 2 is 1.57 bits per heavy atom. The van der Waals surface area contributed by atoms with E-state index in [0.717, 1.165) is 24.2 Å². The summed E-state index contributed by atoms with van der Waals surface area (Å²) in [5.74, 6) is 0.671. The molecule has 0 atom stereocenters. The SMILES string of the molecule is CC(=O)N(Cc1ccc(C(F)(F)F)cc1)N1CCC2(CCN(c3ccc(C4CC4)cc3)C2=O)CC1. The summed E-state index contributed by atoms with van der Waals surface area (Å²) in [6.45, 7) is 3.47. The first-order valence-electron chi connectivity index (χ1n) is 12.3. The lowest BCUT2D eigenvalue weighted by molar-refractivity contribution is -0.154. The monoisotopic (exact) mass is 485 g/mol. The molecule has 3 aliphatic rings. The van der Waals surface area contributed by atoms with Gasteiger partial charge in [0.15, 0.2) is 0 Å². The van der Waals surface area contributed by atoms with Gasteiger partial charge in [-0.15, -0.1) is 0 Å². The molecule has 1 spiro atoms. The second-order valence-corrected chi connectivity index (χ2v) is 10.1. The molecule has 5 nitrogen and oxygen atoms in total. The largest absolute Gasteiger partial charge is 0.416 e. The van der Waals surface area contributed by atoms with Crippen LogP contribution in [-0.2, 0) is 22.3 Å². The normalized spacial score (nSPS) is 20.5. The average Bonchev–Trinajstić information content (AvgIpc) is 3.64. The Morgan fingerprint density at radius 1 is 0.971 bits per heavy atom. The first kappa shape index (κ1) is 23.9. The maximum atomic E-state index is 13.5. The van der Waals surface area contributed by atoms with Gasteiger partial charge in [0.05, 0.1) is 17.5 Å². The van der Waals surface area contributed by atoms with Crippen molar-refractivity contribution in [1.82, 2.24) is 10.0 Å². The number of amides is 2. The Bertz CT molecular complexity index is 1090. The van der Waals surface area contributed by atoms with Crippen LogP contribution in [0.1, 0.15) is 61.6 Å². The molecule has 2 aromatic carbocycles. The standard InChI is InChI=1S/C27H30F3N3O2/c1-19(34)33(18-20-2-8-23(9-3-20)27(28,29)30)31-15-12-26(13-16-31)14-17-32(25(26)35)24-10-6-22(7-11-24)21-4-5-21/h2-3,6-11,21H,4-5,12-18H2,1H3. The molecule has 0 unspecified atom stereocenters. The molecule has 0 bridgehead atoms. The van der Waals surface area contributed by atoms with Gasteiger partial charge in [0.25, 0.3) is 0 Å². The molecule has 1 saturated carbocycles. The van der Waals surface area contributed by atoms with E-state index in [1.54, 1.807) is 5.01 Å². The van der Waals surface area contributed by atoms with Crippen LogP contribution in [0.2, 0.25) is 0 Å². The number of alkyl halides is 3. The van der Waals surface area contributed by atoms with Crippen molar-refractivity contribution >= 4 is 17.5 Å². The number of halogens is 3. The van der Waals surface area contributed by atoms with E-state index >= 15 is 0 Å². The van der Waals surface area contributed by atoms with Crippen LogP contribution < -0.4 is 4.90 Å². The Kier molecular flexibility index (Phi) is 6.11. The molecule has 35 heavy (non-hydrogen) atoms. The fourth-order valence-electron chi connectivity index (χ4n) is 5.42. The van der Waals surface area contributed by atoms with Gasteiger partial charge >= 0.3 is 6.18 Å². The maximum absolute atomic E-state index is 13.5. The summed E-state index contributed by atoms with van der Waals surface area (Å²) < 4.78 is 38.6. The third kappa shape index (κ3) is 4.81. The van der Waals surface area contributed by atoms with Crippen molar-refractivity contribution in [3.8, 4) is 0 Å². The number of anilines is 1. The van der Waals surface area contributed by atoms with Gasteiger partial charge < -0.3 is 4.90 Å².